The van der Waals surface area contributed by atoms with E-state index in [1.54, 1.807) is 6.07 Å². The number of thiophene rings is 1. The maximum absolute atomic E-state index is 10.8. The number of hydrogen-bond acceptors (Lipinski definition) is 3. The zero-order valence-electron chi connectivity index (χ0n) is 9.66. The number of aromatic carboxylic acids is 1. The first-order chi connectivity index (χ1) is 7.65. The number of carboxylic acids is 1. The van der Waals surface area contributed by atoms with Crippen molar-refractivity contribution in [2.24, 2.45) is 0 Å². The molecular weight excluding hydrogens is 222 g/mol. The SMILES string of the molecule is CCCCCCCc1cc(C(=O)O)c(N)s1. The summed E-state index contributed by atoms with van der Waals surface area (Å²) in [5, 5.41) is 9.27. The molecule has 1 aromatic rings. The van der Waals surface area contributed by atoms with E-state index in [4.69, 9.17) is 10.8 Å². The van der Waals surface area contributed by atoms with Gasteiger partial charge in [-0.2, -0.15) is 0 Å². The number of rotatable bonds is 7. The summed E-state index contributed by atoms with van der Waals surface area (Å²) in [7, 11) is 0. The van der Waals surface area contributed by atoms with Crippen LogP contribution in [-0.2, 0) is 6.42 Å². The van der Waals surface area contributed by atoms with Crippen LogP contribution in [0.25, 0.3) is 0 Å². The lowest BCUT2D eigenvalue weighted by Gasteiger charge is -1.97. The molecule has 3 nitrogen and oxygen atoms in total. The van der Waals surface area contributed by atoms with Crippen LogP contribution in [0.3, 0.4) is 0 Å². The molecule has 0 atom stereocenters. The monoisotopic (exact) mass is 241 g/mol. The molecule has 0 saturated heterocycles. The summed E-state index contributed by atoms with van der Waals surface area (Å²) in [4.78, 5) is 11.9. The van der Waals surface area contributed by atoms with Crippen LogP contribution in [0.2, 0.25) is 0 Å². The molecule has 0 spiro atoms. The number of hydrogen-bond donors (Lipinski definition) is 2. The predicted octanol–water partition coefficient (Wildman–Crippen LogP) is 3.54. The van der Waals surface area contributed by atoms with Gasteiger partial charge in [0.1, 0.15) is 5.00 Å². The van der Waals surface area contributed by atoms with Crippen LogP contribution in [0.4, 0.5) is 5.00 Å². The van der Waals surface area contributed by atoms with E-state index >= 15 is 0 Å². The Labute approximate surface area is 100 Å². The van der Waals surface area contributed by atoms with Crippen molar-refractivity contribution in [3.05, 3.63) is 16.5 Å². The normalized spacial score (nSPS) is 10.6. The van der Waals surface area contributed by atoms with Gasteiger partial charge in [0.25, 0.3) is 0 Å². The van der Waals surface area contributed by atoms with Crippen molar-refractivity contribution in [2.75, 3.05) is 5.73 Å². The Balaban J connectivity index is 2.37. The van der Waals surface area contributed by atoms with Crippen LogP contribution < -0.4 is 5.73 Å². The van der Waals surface area contributed by atoms with Crippen molar-refractivity contribution in [1.82, 2.24) is 0 Å². The molecule has 0 amide bonds. The van der Waals surface area contributed by atoms with E-state index in [-0.39, 0.29) is 5.56 Å². The maximum atomic E-state index is 10.8. The number of anilines is 1. The van der Waals surface area contributed by atoms with E-state index in [9.17, 15) is 4.79 Å². The fourth-order valence-electron chi connectivity index (χ4n) is 1.65. The molecule has 0 fully saturated rings. The van der Waals surface area contributed by atoms with Gasteiger partial charge in [0.15, 0.2) is 0 Å². The first kappa shape index (κ1) is 13.0. The second-order valence-electron chi connectivity index (χ2n) is 3.96. The molecule has 0 aromatic carbocycles. The molecule has 1 heterocycles. The summed E-state index contributed by atoms with van der Waals surface area (Å²) >= 11 is 1.40. The van der Waals surface area contributed by atoms with Gasteiger partial charge in [-0.3, -0.25) is 0 Å². The van der Waals surface area contributed by atoms with Crippen molar-refractivity contribution < 1.29 is 9.90 Å². The molecule has 0 saturated carbocycles. The van der Waals surface area contributed by atoms with Gasteiger partial charge in [-0.1, -0.05) is 32.6 Å². The van der Waals surface area contributed by atoms with Crippen LogP contribution in [0.1, 0.15) is 54.3 Å². The van der Waals surface area contributed by atoms with E-state index in [2.05, 4.69) is 6.92 Å². The topological polar surface area (TPSA) is 63.3 Å². The highest BCUT2D eigenvalue weighted by molar-refractivity contribution is 7.16. The van der Waals surface area contributed by atoms with Gasteiger partial charge < -0.3 is 10.8 Å². The Bertz CT molecular complexity index is 347. The highest BCUT2D eigenvalue weighted by atomic mass is 32.1. The second kappa shape index (κ2) is 6.53. The molecule has 1 rings (SSSR count). The molecule has 90 valence electrons. The lowest BCUT2D eigenvalue weighted by Crippen LogP contribution is -1.97. The molecule has 3 N–H and O–H groups in total. The third-order valence-electron chi connectivity index (χ3n) is 2.57. The summed E-state index contributed by atoms with van der Waals surface area (Å²) < 4.78 is 0. The third kappa shape index (κ3) is 3.85. The number of unbranched alkanes of at least 4 members (excludes halogenated alkanes) is 4. The molecule has 0 aliphatic rings. The summed E-state index contributed by atoms with van der Waals surface area (Å²) in [6, 6.07) is 1.71. The highest BCUT2D eigenvalue weighted by Crippen LogP contribution is 2.26. The van der Waals surface area contributed by atoms with Gasteiger partial charge in [-0.25, -0.2) is 4.79 Å². The smallest absolute Gasteiger partial charge is 0.338 e. The third-order valence-corrected chi connectivity index (χ3v) is 3.59. The number of carbonyl (C=O) groups is 1. The van der Waals surface area contributed by atoms with E-state index in [0.29, 0.717) is 5.00 Å². The van der Waals surface area contributed by atoms with Crippen molar-refractivity contribution in [3.63, 3.8) is 0 Å². The average Bonchev–Trinajstić information content (AvgIpc) is 2.59. The highest BCUT2D eigenvalue weighted by Gasteiger charge is 2.12. The Morgan fingerprint density at radius 3 is 2.62 bits per heavy atom. The Morgan fingerprint density at radius 1 is 1.38 bits per heavy atom. The van der Waals surface area contributed by atoms with Gasteiger partial charge >= 0.3 is 5.97 Å². The fourth-order valence-corrected chi connectivity index (χ4v) is 2.61. The fraction of sp³-hybridized carbons (Fsp3) is 0.583. The molecule has 0 radical (unpaired) electrons. The quantitative estimate of drug-likeness (QED) is 0.718. The van der Waals surface area contributed by atoms with Crippen LogP contribution in [0, 0.1) is 0 Å². The molecule has 1 aromatic heterocycles. The minimum Gasteiger partial charge on any atom is -0.478 e. The Morgan fingerprint density at radius 2 is 2.06 bits per heavy atom. The summed E-state index contributed by atoms with van der Waals surface area (Å²) in [5.41, 5.74) is 5.89. The van der Waals surface area contributed by atoms with Gasteiger partial charge in [-0.15, -0.1) is 11.3 Å². The standard InChI is InChI=1S/C12H19NO2S/c1-2-3-4-5-6-7-9-8-10(12(14)15)11(13)16-9/h8H,2-7,13H2,1H3,(H,14,15). The zero-order valence-corrected chi connectivity index (χ0v) is 10.5. The second-order valence-corrected chi connectivity index (χ2v) is 5.13. The van der Waals surface area contributed by atoms with Crippen LogP contribution in [-0.4, -0.2) is 11.1 Å². The molecule has 0 unspecified atom stereocenters. The summed E-state index contributed by atoms with van der Waals surface area (Å²) in [5.74, 6) is -0.925. The first-order valence-corrected chi connectivity index (χ1v) is 6.58. The van der Waals surface area contributed by atoms with Gasteiger partial charge in [0, 0.05) is 4.88 Å². The lowest BCUT2D eigenvalue weighted by molar-refractivity contribution is 0.0698. The molecule has 4 heteroatoms. The van der Waals surface area contributed by atoms with Crippen LogP contribution in [0.15, 0.2) is 6.07 Å². The van der Waals surface area contributed by atoms with Crippen molar-refractivity contribution >= 4 is 22.3 Å². The summed E-state index contributed by atoms with van der Waals surface area (Å²) in [6.07, 6.45) is 7.09. The number of nitrogens with two attached hydrogens (primary N) is 1. The maximum Gasteiger partial charge on any atom is 0.338 e. The van der Waals surface area contributed by atoms with Gasteiger partial charge in [0.2, 0.25) is 0 Å². The van der Waals surface area contributed by atoms with E-state index in [0.717, 1.165) is 17.7 Å². The minimum atomic E-state index is -0.925. The number of aryl methyl sites for hydroxylation is 1. The van der Waals surface area contributed by atoms with Crippen molar-refractivity contribution in [3.8, 4) is 0 Å². The largest absolute Gasteiger partial charge is 0.478 e. The molecule has 16 heavy (non-hydrogen) atoms. The average molecular weight is 241 g/mol. The molecular formula is C12H19NO2S. The first-order valence-electron chi connectivity index (χ1n) is 5.76. The number of nitrogen functional groups attached to an aromatic ring is 1. The summed E-state index contributed by atoms with van der Waals surface area (Å²) in [6.45, 7) is 2.19. The van der Waals surface area contributed by atoms with E-state index in [1.165, 1.54) is 37.0 Å². The van der Waals surface area contributed by atoms with Crippen molar-refractivity contribution in [2.45, 2.75) is 45.4 Å². The lowest BCUT2D eigenvalue weighted by atomic mass is 10.1. The Kier molecular flexibility index (Phi) is 5.32. The van der Waals surface area contributed by atoms with Crippen LogP contribution >= 0.6 is 11.3 Å². The van der Waals surface area contributed by atoms with Crippen molar-refractivity contribution in [1.29, 1.82) is 0 Å². The van der Waals surface area contributed by atoms with E-state index < -0.39 is 5.97 Å². The minimum absolute atomic E-state index is 0.258. The molecule has 0 bridgehead atoms. The molecule has 0 aliphatic carbocycles. The van der Waals surface area contributed by atoms with Crippen LogP contribution in [0.5, 0.6) is 0 Å². The van der Waals surface area contributed by atoms with E-state index in [1.807, 2.05) is 0 Å². The Hall–Kier alpha value is -1.03. The number of carboxylic acid groups (broad SMARTS) is 1. The zero-order chi connectivity index (χ0) is 12.0. The predicted molar refractivity (Wildman–Crippen MR) is 68.2 cm³/mol. The van der Waals surface area contributed by atoms with Gasteiger partial charge in [0.05, 0.1) is 5.56 Å². The molecule has 0 aliphatic heterocycles. The van der Waals surface area contributed by atoms with Gasteiger partial charge in [-0.05, 0) is 18.9 Å².